The first-order valence-corrected chi connectivity index (χ1v) is 7.46. The maximum Gasteiger partial charge on any atom is 0.416 e. The Labute approximate surface area is 132 Å². The van der Waals surface area contributed by atoms with Crippen LogP contribution >= 0.6 is 0 Å². The summed E-state index contributed by atoms with van der Waals surface area (Å²) < 4.78 is 37.7. The normalized spacial score (nSPS) is 16.5. The minimum atomic E-state index is -4.37. The molecule has 1 amide bonds. The molecule has 5 heteroatoms. The monoisotopic (exact) mass is 319 g/mol. The molecule has 0 unspecified atom stereocenters. The molecule has 1 N–H and O–H groups in total. The van der Waals surface area contributed by atoms with Crippen molar-refractivity contribution in [1.29, 1.82) is 0 Å². The maximum atomic E-state index is 12.7. The van der Waals surface area contributed by atoms with Crippen LogP contribution in [0.3, 0.4) is 0 Å². The molecule has 1 aliphatic carbocycles. The molecule has 3 rings (SSSR count). The van der Waals surface area contributed by atoms with Crippen molar-refractivity contribution < 1.29 is 18.0 Å². The van der Waals surface area contributed by atoms with Gasteiger partial charge in [0.05, 0.1) is 11.0 Å². The number of nitrogens with one attached hydrogen (secondary N) is 1. The first-order valence-electron chi connectivity index (χ1n) is 7.46. The molecule has 1 aliphatic rings. The van der Waals surface area contributed by atoms with Crippen molar-refractivity contribution in [3.8, 4) is 0 Å². The molecule has 23 heavy (non-hydrogen) atoms. The van der Waals surface area contributed by atoms with E-state index >= 15 is 0 Å². The highest BCUT2D eigenvalue weighted by atomic mass is 19.4. The van der Waals surface area contributed by atoms with Crippen LogP contribution in [0, 0.1) is 0 Å². The summed E-state index contributed by atoms with van der Waals surface area (Å²) in [4.78, 5) is 12.7. The van der Waals surface area contributed by atoms with E-state index in [9.17, 15) is 18.0 Å². The minimum Gasteiger partial charge on any atom is -0.325 e. The van der Waals surface area contributed by atoms with Crippen LogP contribution in [0.2, 0.25) is 0 Å². The predicted molar refractivity (Wildman–Crippen MR) is 82.0 cm³/mol. The number of benzene rings is 2. The summed E-state index contributed by atoms with van der Waals surface area (Å²) in [7, 11) is 0. The molecule has 0 atom stereocenters. The van der Waals surface area contributed by atoms with E-state index in [4.69, 9.17) is 0 Å². The summed E-state index contributed by atoms with van der Waals surface area (Å²) in [6, 6.07) is 14.1. The lowest BCUT2D eigenvalue weighted by Crippen LogP contribution is -2.45. The van der Waals surface area contributed by atoms with E-state index in [0.717, 1.165) is 37.0 Å². The Kier molecular flexibility index (Phi) is 3.88. The van der Waals surface area contributed by atoms with Gasteiger partial charge < -0.3 is 5.32 Å². The second-order valence-electron chi connectivity index (χ2n) is 5.83. The van der Waals surface area contributed by atoms with Gasteiger partial charge in [-0.2, -0.15) is 13.2 Å². The lowest BCUT2D eigenvalue weighted by atomic mass is 9.64. The van der Waals surface area contributed by atoms with Crippen LogP contribution in [0.25, 0.3) is 0 Å². The van der Waals surface area contributed by atoms with Gasteiger partial charge in [-0.15, -0.1) is 0 Å². The van der Waals surface area contributed by atoms with Crippen LogP contribution in [-0.2, 0) is 16.4 Å². The van der Waals surface area contributed by atoms with E-state index in [2.05, 4.69) is 5.32 Å². The lowest BCUT2D eigenvalue weighted by molar-refractivity contribution is -0.137. The topological polar surface area (TPSA) is 29.1 Å². The van der Waals surface area contributed by atoms with Gasteiger partial charge in [0.1, 0.15) is 0 Å². The lowest BCUT2D eigenvalue weighted by Gasteiger charge is -2.40. The number of hydrogen-bond acceptors (Lipinski definition) is 1. The van der Waals surface area contributed by atoms with Crippen molar-refractivity contribution in [3.63, 3.8) is 0 Å². The number of hydrogen-bond donors (Lipinski definition) is 1. The van der Waals surface area contributed by atoms with Gasteiger partial charge in [0, 0.05) is 5.69 Å². The quantitative estimate of drug-likeness (QED) is 0.868. The second kappa shape index (κ2) is 5.72. The first kappa shape index (κ1) is 15.6. The van der Waals surface area contributed by atoms with Gasteiger partial charge in [-0.05, 0) is 42.7 Å². The number of halogens is 3. The number of alkyl halides is 3. The molecule has 120 valence electrons. The fourth-order valence-electron chi connectivity index (χ4n) is 2.93. The predicted octanol–water partition coefficient (Wildman–Crippen LogP) is 4.77. The van der Waals surface area contributed by atoms with Gasteiger partial charge >= 0.3 is 6.18 Å². The van der Waals surface area contributed by atoms with E-state index in [1.54, 1.807) is 0 Å². The van der Waals surface area contributed by atoms with Crippen LogP contribution in [0.1, 0.15) is 30.4 Å². The fraction of sp³-hybridized carbons (Fsp3) is 0.278. The Balaban J connectivity index is 1.78. The Morgan fingerprint density at radius 3 is 2.04 bits per heavy atom. The van der Waals surface area contributed by atoms with E-state index in [1.807, 2.05) is 30.3 Å². The fourth-order valence-corrected chi connectivity index (χ4v) is 2.93. The summed E-state index contributed by atoms with van der Waals surface area (Å²) in [5.74, 6) is -0.158. The molecule has 0 heterocycles. The van der Waals surface area contributed by atoms with Gasteiger partial charge in [-0.25, -0.2) is 0 Å². The largest absolute Gasteiger partial charge is 0.416 e. The summed E-state index contributed by atoms with van der Waals surface area (Å²) >= 11 is 0. The number of carbonyl (C=O) groups excluding carboxylic acids is 1. The molecule has 1 saturated carbocycles. The molecule has 0 saturated heterocycles. The average molecular weight is 319 g/mol. The molecule has 0 aromatic heterocycles. The zero-order valence-electron chi connectivity index (χ0n) is 12.4. The molecule has 0 aliphatic heterocycles. The van der Waals surface area contributed by atoms with Crippen LogP contribution < -0.4 is 5.32 Å². The molecule has 2 nitrogen and oxygen atoms in total. The third-order valence-electron chi connectivity index (χ3n) is 4.44. The second-order valence-corrected chi connectivity index (χ2v) is 5.83. The Hall–Kier alpha value is -2.30. The standard InChI is InChI=1S/C18H16F3NO/c19-18(20,21)14-7-9-15(10-8-14)22-16(23)17(11-4-12-17)13-5-2-1-3-6-13/h1-3,5-10H,4,11-12H2,(H,22,23). The van der Waals surface area contributed by atoms with Crippen molar-refractivity contribution in [2.75, 3.05) is 5.32 Å². The van der Waals surface area contributed by atoms with Crippen LogP contribution in [0.5, 0.6) is 0 Å². The van der Waals surface area contributed by atoms with Crippen molar-refractivity contribution in [2.45, 2.75) is 30.9 Å². The van der Waals surface area contributed by atoms with Gasteiger partial charge in [0.2, 0.25) is 5.91 Å². The summed E-state index contributed by atoms with van der Waals surface area (Å²) in [5, 5.41) is 2.76. The minimum absolute atomic E-state index is 0.158. The van der Waals surface area contributed by atoms with Crippen molar-refractivity contribution in [2.24, 2.45) is 0 Å². The molecular weight excluding hydrogens is 303 g/mol. The number of carbonyl (C=O) groups is 1. The van der Waals surface area contributed by atoms with Crippen molar-refractivity contribution in [3.05, 3.63) is 65.7 Å². The molecule has 2 aromatic rings. The van der Waals surface area contributed by atoms with Crippen LogP contribution in [-0.4, -0.2) is 5.91 Å². The molecule has 1 fully saturated rings. The Morgan fingerprint density at radius 2 is 1.57 bits per heavy atom. The van der Waals surface area contributed by atoms with Gasteiger partial charge in [0.25, 0.3) is 0 Å². The van der Waals surface area contributed by atoms with E-state index in [1.165, 1.54) is 12.1 Å². The van der Waals surface area contributed by atoms with Crippen LogP contribution in [0.4, 0.5) is 18.9 Å². The summed E-state index contributed by atoms with van der Waals surface area (Å²) in [5.41, 5.74) is 0.0435. The smallest absolute Gasteiger partial charge is 0.325 e. The Morgan fingerprint density at radius 1 is 0.957 bits per heavy atom. The highest BCUT2D eigenvalue weighted by Crippen LogP contribution is 2.44. The van der Waals surface area contributed by atoms with Crippen LogP contribution in [0.15, 0.2) is 54.6 Å². The van der Waals surface area contributed by atoms with E-state index in [0.29, 0.717) is 5.69 Å². The molecule has 0 bridgehead atoms. The molecule has 0 spiro atoms. The highest BCUT2D eigenvalue weighted by molar-refractivity contribution is 5.99. The highest BCUT2D eigenvalue weighted by Gasteiger charge is 2.45. The first-order chi connectivity index (χ1) is 10.9. The third-order valence-corrected chi connectivity index (χ3v) is 4.44. The Bertz CT molecular complexity index is 688. The van der Waals surface area contributed by atoms with Crippen molar-refractivity contribution in [1.82, 2.24) is 0 Å². The number of rotatable bonds is 3. The SMILES string of the molecule is O=C(Nc1ccc(C(F)(F)F)cc1)C1(c2ccccc2)CCC1. The summed E-state index contributed by atoms with van der Waals surface area (Å²) in [6.45, 7) is 0. The molecule has 2 aromatic carbocycles. The maximum absolute atomic E-state index is 12.7. The molecule has 0 radical (unpaired) electrons. The number of anilines is 1. The average Bonchev–Trinajstić information content (AvgIpc) is 2.47. The van der Waals surface area contributed by atoms with Gasteiger partial charge in [-0.3, -0.25) is 4.79 Å². The van der Waals surface area contributed by atoms with Gasteiger partial charge in [-0.1, -0.05) is 36.8 Å². The zero-order chi connectivity index (χ0) is 16.5. The van der Waals surface area contributed by atoms with E-state index < -0.39 is 17.2 Å². The van der Waals surface area contributed by atoms with E-state index in [-0.39, 0.29) is 5.91 Å². The zero-order valence-corrected chi connectivity index (χ0v) is 12.4. The van der Waals surface area contributed by atoms with Gasteiger partial charge in [0.15, 0.2) is 0 Å². The third kappa shape index (κ3) is 2.96. The van der Waals surface area contributed by atoms with Crippen molar-refractivity contribution >= 4 is 11.6 Å². The number of amides is 1. The summed E-state index contributed by atoms with van der Waals surface area (Å²) in [6.07, 6.45) is -1.90. The molecular formula is C18H16F3NO.